The maximum atomic E-state index is 11.9. The molecule has 0 saturated heterocycles. The third-order valence-electron chi connectivity index (χ3n) is 2.55. The minimum absolute atomic E-state index is 0.0838. The molecular formula is C16H17ClN2O2. The number of halogens is 1. The highest BCUT2D eigenvalue weighted by molar-refractivity contribution is 6.30. The van der Waals surface area contributed by atoms with Gasteiger partial charge in [0.15, 0.2) is 0 Å². The van der Waals surface area contributed by atoms with Crippen molar-refractivity contribution >= 4 is 29.0 Å². The molecule has 0 aliphatic carbocycles. The molecule has 0 atom stereocenters. The maximum Gasteiger partial charge on any atom is 0.323 e. The molecular weight excluding hydrogens is 288 g/mol. The fourth-order valence-corrected chi connectivity index (χ4v) is 1.97. The number of nitrogens with one attached hydrogen (secondary N) is 2. The topological polar surface area (TPSA) is 50.4 Å². The van der Waals surface area contributed by atoms with Gasteiger partial charge in [0.1, 0.15) is 5.75 Å². The lowest BCUT2D eigenvalue weighted by atomic mass is 10.3. The van der Waals surface area contributed by atoms with Crippen molar-refractivity contribution in [2.45, 2.75) is 20.0 Å². The molecule has 2 rings (SSSR count). The minimum atomic E-state index is -0.334. The molecule has 0 unspecified atom stereocenters. The molecule has 4 nitrogen and oxygen atoms in total. The lowest BCUT2D eigenvalue weighted by Gasteiger charge is -2.12. The molecule has 0 heterocycles. The van der Waals surface area contributed by atoms with Gasteiger partial charge in [0.2, 0.25) is 0 Å². The van der Waals surface area contributed by atoms with Gasteiger partial charge in [-0.05, 0) is 44.2 Å². The number of hydrogen-bond donors (Lipinski definition) is 2. The smallest absolute Gasteiger partial charge is 0.323 e. The molecule has 0 bridgehead atoms. The number of hydrogen-bond acceptors (Lipinski definition) is 2. The van der Waals surface area contributed by atoms with Crippen molar-refractivity contribution < 1.29 is 9.53 Å². The monoisotopic (exact) mass is 304 g/mol. The van der Waals surface area contributed by atoms with Crippen LogP contribution in [0, 0.1) is 0 Å². The summed E-state index contributed by atoms with van der Waals surface area (Å²) in [6, 6.07) is 13.9. The standard InChI is InChI=1S/C16H17ClN2O2/c1-11(2)21-15-8-4-7-14(10-15)19-16(20)18-13-6-3-5-12(17)9-13/h3-11H,1-2H3,(H2,18,19,20). The Balaban J connectivity index is 1.99. The summed E-state index contributed by atoms with van der Waals surface area (Å²) >= 11 is 5.87. The van der Waals surface area contributed by atoms with E-state index >= 15 is 0 Å². The quantitative estimate of drug-likeness (QED) is 0.854. The first-order valence-corrected chi connectivity index (χ1v) is 7.01. The van der Waals surface area contributed by atoms with Crippen molar-refractivity contribution in [3.8, 4) is 5.75 Å². The van der Waals surface area contributed by atoms with Crippen molar-refractivity contribution in [1.29, 1.82) is 0 Å². The molecule has 2 amide bonds. The second-order valence-corrected chi connectivity index (χ2v) is 5.22. The van der Waals surface area contributed by atoms with E-state index in [4.69, 9.17) is 16.3 Å². The second-order valence-electron chi connectivity index (χ2n) is 4.78. The Kier molecular flexibility index (Phi) is 5.06. The Morgan fingerprint density at radius 3 is 2.29 bits per heavy atom. The van der Waals surface area contributed by atoms with Crippen LogP contribution in [0.25, 0.3) is 0 Å². The average Bonchev–Trinajstić information content (AvgIpc) is 2.37. The van der Waals surface area contributed by atoms with Gasteiger partial charge in [-0.3, -0.25) is 0 Å². The first-order chi connectivity index (χ1) is 10.0. The van der Waals surface area contributed by atoms with Crippen molar-refractivity contribution in [3.63, 3.8) is 0 Å². The van der Waals surface area contributed by atoms with E-state index in [1.165, 1.54) is 0 Å². The van der Waals surface area contributed by atoms with E-state index in [9.17, 15) is 4.79 Å². The van der Waals surface area contributed by atoms with Gasteiger partial charge >= 0.3 is 6.03 Å². The van der Waals surface area contributed by atoms with E-state index in [2.05, 4.69) is 10.6 Å². The number of carbonyl (C=O) groups is 1. The molecule has 0 spiro atoms. The van der Waals surface area contributed by atoms with E-state index in [0.717, 1.165) is 0 Å². The average molecular weight is 305 g/mol. The summed E-state index contributed by atoms with van der Waals surface area (Å²) in [7, 11) is 0. The summed E-state index contributed by atoms with van der Waals surface area (Å²) in [6.07, 6.45) is 0.0838. The highest BCUT2D eigenvalue weighted by Gasteiger charge is 2.05. The zero-order chi connectivity index (χ0) is 15.2. The number of amides is 2. The molecule has 5 heteroatoms. The highest BCUT2D eigenvalue weighted by Crippen LogP contribution is 2.19. The van der Waals surface area contributed by atoms with Crippen LogP contribution in [0.5, 0.6) is 5.75 Å². The number of rotatable bonds is 4. The van der Waals surface area contributed by atoms with Crippen LogP contribution in [0.3, 0.4) is 0 Å². The fraction of sp³-hybridized carbons (Fsp3) is 0.188. The number of ether oxygens (including phenoxy) is 1. The first kappa shape index (κ1) is 15.2. The zero-order valence-electron chi connectivity index (χ0n) is 11.9. The van der Waals surface area contributed by atoms with Crippen molar-refractivity contribution in [1.82, 2.24) is 0 Å². The summed E-state index contributed by atoms with van der Waals surface area (Å²) in [5, 5.41) is 6.04. The summed E-state index contributed by atoms with van der Waals surface area (Å²) in [5.41, 5.74) is 1.29. The SMILES string of the molecule is CC(C)Oc1cccc(NC(=O)Nc2cccc(Cl)c2)c1. The summed E-state index contributed by atoms with van der Waals surface area (Å²) in [5.74, 6) is 0.713. The fourth-order valence-electron chi connectivity index (χ4n) is 1.78. The Labute approximate surface area is 129 Å². The molecule has 21 heavy (non-hydrogen) atoms. The molecule has 2 aromatic carbocycles. The minimum Gasteiger partial charge on any atom is -0.491 e. The highest BCUT2D eigenvalue weighted by atomic mass is 35.5. The van der Waals surface area contributed by atoms with Crippen molar-refractivity contribution in [2.75, 3.05) is 10.6 Å². The molecule has 2 aromatic rings. The van der Waals surface area contributed by atoms with E-state index in [1.54, 1.807) is 36.4 Å². The van der Waals surface area contributed by atoms with Gasteiger partial charge in [-0.25, -0.2) is 4.79 Å². The Morgan fingerprint density at radius 2 is 1.67 bits per heavy atom. The van der Waals surface area contributed by atoms with Crippen LogP contribution in [0.4, 0.5) is 16.2 Å². The summed E-state index contributed by atoms with van der Waals surface area (Å²) < 4.78 is 5.58. The second kappa shape index (κ2) is 6.99. The molecule has 0 fully saturated rings. The van der Waals surface area contributed by atoms with Gasteiger partial charge in [-0.1, -0.05) is 23.7 Å². The van der Waals surface area contributed by atoms with Crippen molar-refractivity contribution in [3.05, 3.63) is 53.6 Å². The van der Waals surface area contributed by atoms with Crippen LogP contribution in [-0.2, 0) is 0 Å². The molecule has 110 valence electrons. The van der Waals surface area contributed by atoms with Crippen LogP contribution in [0.1, 0.15) is 13.8 Å². The largest absolute Gasteiger partial charge is 0.491 e. The van der Waals surface area contributed by atoms with Gasteiger partial charge in [0.25, 0.3) is 0 Å². The molecule has 0 saturated carbocycles. The van der Waals surface area contributed by atoms with E-state index < -0.39 is 0 Å². The van der Waals surface area contributed by atoms with Crippen LogP contribution in [-0.4, -0.2) is 12.1 Å². The normalized spacial score (nSPS) is 10.3. The van der Waals surface area contributed by atoms with Crippen LogP contribution in [0.2, 0.25) is 5.02 Å². The van der Waals surface area contributed by atoms with E-state index in [-0.39, 0.29) is 12.1 Å². The number of benzene rings is 2. The Bertz CT molecular complexity index is 629. The van der Waals surface area contributed by atoms with Gasteiger partial charge in [0.05, 0.1) is 6.10 Å². The van der Waals surface area contributed by atoms with Gasteiger partial charge in [-0.2, -0.15) is 0 Å². The summed E-state index contributed by atoms with van der Waals surface area (Å²) in [4.78, 5) is 11.9. The van der Waals surface area contributed by atoms with Crippen LogP contribution < -0.4 is 15.4 Å². The third kappa shape index (κ3) is 5.00. The summed E-state index contributed by atoms with van der Waals surface area (Å²) in [6.45, 7) is 3.90. The Morgan fingerprint density at radius 1 is 1.05 bits per heavy atom. The predicted octanol–water partition coefficient (Wildman–Crippen LogP) is 4.77. The first-order valence-electron chi connectivity index (χ1n) is 6.63. The lowest BCUT2D eigenvalue weighted by Crippen LogP contribution is -2.19. The van der Waals surface area contributed by atoms with Gasteiger partial charge < -0.3 is 15.4 Å². The molecule has 2 N–H and O–H groups in total. The van der Waals surface area contributed by atoms with Crippen LogP contribution >= 0.6 is 11.6 Å². The van der Waals surface area contributed by atoms with Crippen molar-refractivity contribution in [2.24, 2.45) is 0 Å². The number of anilines is 2. The van der Waals surface area contributed by atoms with E-state index in [0.29, 0.717) is 22.1 Å². The third-order valence-corrected chi connectivity index (χ3v) is 2.78. The molecule has 0 aliphatic rings. The lowest BCUT2D eigenvalue weighted by molar-refractivity contribution is 0.242. The molecule has 0 aliphatic heterocycles. The molecule has 0 aromatic heterocycles. The van der Waals surface area contributed by atoms with Gasteiger partial charge in [0, 0.05) is 22.5 Å². The van der Waals surface area contributed by atoms with E-state index in [1.807, 2.05) is 26.0 Å². The number of carbonyl (C=O) groups excluding carboxylic acids is 1. The van der Waals surface area contributed by atoms with Gasteiger partial charge in [-0.15, -0.1) is 0 Å². The molecule has 0 radical (unpaired) electrons. The number of urea groups is 1. The Hall–Kier alpha value is -2.20. The van der Waals surface area contributed by atoms with Crippen LogP contribution in [0.15, 0.2) is 48.5 Å². The zero-order valence-corrected chi connectivity index (χ0v) is 12.6. The maximum absolute atomic E-state index is 11.9. The predicted molar refractivity (Wildman–Crippen MR) is 86.3 cm³/mol.